The molecule has 7 aromatic carbocycles. The van der Waals surface area contributed by atoms with Crippen molar-refractivity contribution < 1.29 is 0 Å². The summed E-state index contributed by atoms with van der Waals surface area (Å²) in [7, 11) is 0. The molecule has 1 aliphatic carbocycles. The molecule has 43 heavy (non-hydrogen) atoms. The van der Waals surface area contributed by atoms with Crippen LogP contribution in [0.4, 0.5) is 17.1 Å². The number of hydrogen-bond donors (Lipinski definition) is 0. The van der Waals surface area contributed by atoms with E-state index in [0.717, 1.165) is 21.5 Å². The predicted molar refractivity (Wildman–Crippen MR) is 184 cm³/mol. The fraction of sp³-hybridized carbons (Fsp3) is 0.0244. The summed E-state index contributed by atoms with van der Waals surface area (Å²) in [5, 5.41) is 2.44. The van der Waals surface area contributed by atoms with E-state index < -0.39 is 5.41 Å². The first kappa shape index (κ1) is 25.8. The highest BCUT2D eigenvalue weighted by Gasteiger charge is 2.46. The maximum absolute atomic E-state index is 3.65. The molecular formula is C41H28BrN. The summed E-state index contributed by atoms with van der Waals surface area (Å²) in [5.74, 6) is 0. The Labute approximate surface area is 260 Å². The average Bonchev–Trinajstić information content (AvgIpc) is 3.37. The molecule has 1 aliphatic rings. The molecule has 0 N–H and O–H groups in total. The monoisotopic (exact) mass is 613 g/mol. The van der Waals surface area contributed by atoms with E-state index in [9.17, 15) is 0 Å². The van der Waals surface area contributed by atoms with Gasteiger partial charge in [0.1, 0.15) is 0 Å². The van der Waals surface area contributed by atoms with E-state index >= 15 is 0 Å². The van der Waals surface area contributed by atoms with E-state index in [1.54, 1.807) is 0 Å². The predicted octanol–water partition coefficient (Wildman–Crippen LogP) is 11.4. The summed E-state index contributed by atoms with van der Waals surface area (Å²) in [5.41, 5.74) is 10.7. The third-order valence-electron chi connectivity index (χ3n) is 8.79. The number of rotatable bonds is 5. The summed E-state index contributed by atoms with van der Waals surface area (Å²) < 4.78 is 1.06. The Kier molecular flexibility index (Phi) is 6.24. The fourth-order valence-electron chi connectivity index (χ4n) is 6.99. The van der Waals surface area contributed by atoms with Crippen molar-refractivity contribution >= 4 is 43.8 Å². The van der Waals surface area contributed by atoms with Gasteiger partial charge in [-0.05, 0) is 81.2 Å². The lowest BCUT2D eigenvalue weighted by molar-refractivity contribution is 0.768. The van der Waals surface area contributed by atoms with Crippen LogP contribution in [0.25, 0.3) is 21.9 Å². The fourth-order valence-corrected chi connectivity index (χ4v) is 7.26. The molecule has 0 aliphatic heterocycles. The SMILES string of the molecule is Brc1ccc(N(c2ccc3c(c2)C(c2ccccc2)(c2ccccc2)c2ccccc2-3)c2cccc3ccccc23)cc1. The summed E-state index contributed by atoms with van der Waals surface area (Å²) in [6.07, 6.45) is 0. The Morgan fingerprint density at radius 3 is 1.77 bits per heavy atom. The second-order valence-corrected chi connectivity index (χ2v) is 12.0. The topological polar surface area (TPSA) is 3.24 Å². The number of halogens is 1. The zero-order valence-electron chi connectivity index (χ0n) is 23.5. The van der Waals surface area contributed by atoms with Gasteiger partial charge in [-0.1, -0.05) is 143 Å². The minimum atomic E-state index is -0.450. The number of benzene rings is 7. The van der Waals surface area contributed by atoms with Gasteiger partial charge in [0.15, 0.2) is 0 Å². The van der Waals surface area contributed by atoms with Crippen LogP contribution in [0.5, 0.6) is 0 Å². The Morgan fingerprint density at radius 1 is 0.442 bits per heavy atom. The number of nitrogens with zero attached hydrogens (tertiary/aromatic N) is 1. The van der Waals surface area contributed by atoms with Gasteiger partial charge in [0, 0.05) is 21.2 Å². The molecule has 204 valence electrons. The number of hydrogen-bond acceptors (Lipinski definition) is 1. The van der Waals surface area contributed by atoms with Gasteiger partial charge < -0.3 is 4.90 Å². The lowest BCUT2D eigenvalue weighted by atomic mass is 9.67. The van der Waals surface area contributed by atoms with Crippen molar-refractivity contribution in [3.63, 3.8) is 0 Å². The summed E-state index contributed by atoms with van der Waals surface area (Å²) in [6, 6.07) is 61.8. The van der Waals surface area contributed by atoms with Gasteiger partial charge in [0.05, 0.1) is 11.1 Å². The van der Waals surface area contributed by atoms with E-state index in [1.807, 2.05) is 0 Å². The third-order valence-corrected chi connectivity index (χ3v) is 9.32. The van der Waals surface area contributed by atoms with E-state index in [2.05, 4.69) is 191 Å². The van der Waals surface area contributed by atoms with E-state index in [4.69, 9.17) is 0 Å². The molecule has 0 fully saturated rings. The Bertz CT molecular complexity index is 2040. The van der Waals surface area contributed by atoms with Gasteiger partial charge >= 0.3 is 0 Å². The molecule has 0 atom stereocenters. The minimum absolute atomic E-state index is 0.450. The zero-order valence-corrected chi connectivity index (χ0v) is 25.1. The van der Waals surface area contributed by atoms with Gasteiger partial charge in [-0.2, -0.15) is 0 Å². The maximum Gasteiger partial charge on any atom is 0.0714 e. The second-order valence-electron chi connectivity index (χ2n) is 11.1. The first-order valence-corrected chi connectivity index (χ1v) is 15.4. The molecule has 0 aromatic heterocycles. The smallest absolute Gasteiger partial charge is 0.0714 e. The second kappa shape index (κ2) is 10.4. The van der Waals surface area contributed by atoms with E-state index in [-0.39, 0.29) is 0 Å². The highest BCUT2D eigenvalue weighted by atomic mass is 79.9. The van der Waals surface area contributed by atoms with Crippen molar-refractivity contribution in [2.75, 3.05) is 4.90 Å². The lowest BCUT2D eigenvalue weighted by Gasteiger charge is -2.35. The van der Waals surface area contributed by atoms with Gasteiger partial charge in [-0.15, -0.1) is 0 Å². The highest BCUT2D eigenvalue weighted by Crippen LogP contribution is 2.57. The quantitative estimate of drug-likeness (QED) is 0.186. The number of anilines is 3. The van der Waals surface area contributed by atoms with Crippen molar-refractivity contribution in [2.24, 2.45) is 0 Å². The maximum atomic E-state index is 3.65. The van der Waals surface area contributed by atoms with Crippen molar-refractivity contribution in [1.29, 1.82) is 0 Å². The molecule has 0 unspecified atom stereocenters. The van der Waals surface area contributed by atoms with Crippen LogP contribution in [-0.4, -0.2) is 0 Å². The molecule has 7 aromatic rings. The van der Waals surface area contributed by atoms with Crippen LogP contribution in [0.3, 0.4) is 0 Å². The van der Waals surface area contributed by atoms with Gasteiger partial charge in [0.25, 0.3) is 0 Å². The van der Waals surface area contributed by atoms with Gasteiger partial charge in [-0.3, -0.25) is 0 Å². The van der Waals surface area contributed by atoms with Crippen molar-refractivity contribution in [2.45, 2.75) is 5.41 Å². The highest BCUT2D eigenvalue weighted by molar-refractivity contribution is 9.10. The van der Waals surface area contributed by atoms with Gasteiger partial charge in [0.2, 0.25) is 0 Å². The largest absolute Gasteiger partial charge is 0.310 e. The molecule has 0 saturated carbocycles. The van der Waals surface area contributed by atoms with Gasteiger partial charge in [-0.25, -0.2) is 0 Å². The van der Waals surface area contributed by atoms with E-state index in [0.29, 0.717) is 0 Å². The standard InChI is InChI=1S/C41H28BrN/c42-32-22-24-33(25-23-32)43(40-21-11-13-29-12-7-8-18-35(29)40)34-26-27-37-36-19-9-10-20-38(36)41(39(37)28-34,30-14-3-1-4-15-30)31-16-5-2-6-17-31/h1-28H. The molecule has 0 radical (unpaired) electrons. The van der Waals surface area contributed by atoms with Crippen LogP contribution in [0.15, 0.2) is 174 Å². The van der Waals surface area contributed by atoms with Crippen LogP contribution in [0.2, 0.25) is 0 Å². The number of fused-ring (bicyclic) bond motifs is 4. The molecular weight excluding hydrogens is 586 g/mol. The Hall–Kier alpha value is -4.92. The van der Waals surface area contributed by atoms with Crippen LogP contribution < -0.4 is 4.90 Å². The average molecular weight is 615 g/mol. The summed E-state index contributed by atoms with van der Waals surface area (Å²) >= 11 is 3.65. The van der Waals surface area contributed by atoms with Crippen LogP contribution in [0, 0.1) is 0 Å². The Morgan fingerprint density at radius 2 is 1.02 bits per heavy atom. The zero-order chi connectivity index (χ0) is 28.8. The molecule has 8 rings (SSSR count). The summed E-state index contributed by atoms with van der Waals surface area (Å²) in [6.45, 7) is 0. The molecule has 0 saturated heterocycles. The molecule has 0 amide bonds. The molecule has 1 nitrogen and oxygen atoms in total. The molecule has 2 heteroatoms. The third kappa shape index (κ3) is 4.06. The molecule has 0 spiro atoms. The van der Waals surface area contributed by atoms with Crippen molar-refractivity contribution in [3.05, 3.63) is 197 Å². The Balaban J connectivity index is 1.45. The van der Waals surface area contributed by atoms with Crippen LogP contribution >= 0.6 is 15.9 Å². The van der Waals surface area contributed by atoms with Crippen molar-refractivity contribution in [1.82, 2.24) is 0 Å². The summed E-state index contributed by atoms with van der Waals surface area (Å²) in [4.78, 5) is 2.40. The lowest BCUT2D eigenvalue weighted by Crippen LogP contribution is -2.28. The van der Waals surface area contributed by atoms with E-state index in [1.165, 1.54) is 44.2 Å². The van der Waals surface area contributed by atoms with Crippen molar-refractivity contribution in [3.8, 4) is 11.1 Å². The van der Waals surface area contributed by atoms with Crippen LogP contribution in [0.1, 0.15) is 22.3 Å². The normalized spacial score (nSPS) is 13.0. The minimum Gasteiger partial charge on any atom is -0.310 e. The molecule has 0 heterocycles. The van der Waals surface area contributed by atoms with Crippen LogP contribution in [-0.2, 0) is 5.41 Å². The molecule has 0 bridgehead atoms. The first-order chi connectivity index (χ1) is 21.2. The first-order valence-electron chi connectivity index (χ1n) is 14.6.